The van der Waals surface area contributed by atoms with Crippen molar-refractivity contribution in [2.75, 3.05) is 13.1 Å². The zero-order valence-electron chi connectivity index (χ0n) is 18.6. The van der Waals surface area contributed by atoms with E-state index < -0.39 is 6.04 Å². The summed E-state index contributed by atoms with van der Waals surface area (Å²) in [6.07, 6.45) is 2.56. The summed E-state index contributed by atoms with van der Waals surface area (Å²) in [5.41, 5.74) is 6.81. The third-order valence-electron chi connectivity index (χ3n) is 5.76. The zero-order valence-corrected chi connectivity index (χ0v) is 18.6. The molecule has 1 fully saturated rings. The highest BCUT2D eigenvalue weighted by molar-refractivity contribution is 5.82. The molecule has 1 saturated heterocycles. The topological polar surface area (TPSA) is 89.0 Å². The number of nitrogens with zero attached hydrogens (tertiary/aromatic N) is 2. The van der Waals surface area contributed by atoms with Gasteiger partial charge in [-0.25, -0.2) is 4.79 Å². The van der Waals surface area contributed by atoms with Crippen LogP contribution in [0.1, 0.15) is 44.9 Å². The molecule has 0 aliphatic carbocycles. The van der Waals surface area contributed by atoms with Crippen molar-refractivity contribution in [2.24, 2.45) is 11.1 Å². The van der Waals surface area contributed by atoms with Gasteiger partial charge in [-0.15, -0.1) is 0 Å². The second kappa shape index (κ2) is 10.0. The number of nitrogens with two attached hydrogens (primary N) is 1. The fourth-order valence-corrected chi connectivity index (χ4v) is 3.68. The first-order chi connectivity index (χ1) is 14.8. The van der Waals surface area contributed by atoms with Crippen molar-refractivity contribution in [3.05, 3.63) is 60.1 Å². The van der Waals surface area contributed by atoms with E-state index in [-0.39, 0.29) is 30.1 Å². The number of hydrogen-bond acceptors (Lipinski definition) is 5. The van der Waals surface area contributed by atoms with Crippen molar-refractivity contribution < 1.29 is 18.7 Å². The predicted molar refractivity (Wildman–Crippen MR) is 118 cm³/mol. The molecule has 168 valence electrons. The van der Waals surface area contributed by atoms with Gasteiger partial charge < -0.3 is 19.8 Å². The molecule has 2 heterocycles. The molecule has 2 aromatic rings. The van der Waals surface area contributed by atoms with Gasteiger partial charge in [0.25, 0.3) is 0 Å². The normalized spacial score (nSPS) is 16.1. The lowest BCUT2D eigenvalue weighted by molar-refractivity contribution is -0.136. The number of piperidine rings is 1. The molecule has 0 radical (unpaired) electrons. The molecule has 1 atom stereocenters. The van der Waals surface area contributed by atoms with Crippen molar-refractivity contribution >= 4 is 12.0 Å². The van der Waals surface area contributed by atoms with Gasteiger partial charge in [0.1, 0.15) is 12.4 Å². The Morgan fingerprint density at radius 2 is 1.84 bits per heavy atom. The SMILES string of the molecule is CC(C)(C)C(N)C(=O)N1CCC(N(Cc2ccco2)C(=O)OCc2ccccc2)CC1. The van der Waals surface area contributed by atoms with E-state index in [1.54, 1.807) is 17.2 Å². The van der Waals surface area contributed by atoms with E-state index in [4.69, 9.17) is 14.9 Å². The van der Waals surface area contributed by atoms with E-state index in [0.29, 0.717) is 38.2 Å². The summed E-state index contributed by atoms with van der Waals surface area (Å²) in [5.74, 6) is 0.667. The number of furan rings is 1. The van der Waals surface area contributed by atoms with Crippen LogP contribution in [0, 0.1) is 5.41 Å². The Morgan fingerprint density at radius 3 is 2.42 bits per heavy atom. The summed E-state index contributed by atoms with van der Waals surface area (Å²) in [6, 6.07) is 12.7. The van der Waals surface area contributed by atoms with Gasteiger partial charge in [-0.05, 0) is 36.0 Å². The minimum Gasteiger partial charge on any atom is -0.467 e. The van der Waals surface area contributed by atoms with Crippen LogP contribution in [-0.2, 0) is 22.7 Å². The maximum Gasteiger partial charge on any atom is 0.410 e. The molecular formula is C24H33N3O4. The van der Waals surface area contributed by atoms with Crippen molar-refractivity contribution in [3.8, 4) is 0 Å². The lowest BCUT2D eigenvalue weighted by atomic mass is 9.86. The Morgan fingerprint density at radius 1 is 1.16 bits per heavy atom. The average molecular weight is 428 g/mol. The van der Waals surface area contributed by atoms with E-state index in [0.717, 1.165) is 5.56 Å². The fraction of sp³-hybridized carbons (Fsp3) is 0.500. The summed E-state index contributed by atoms with van der Waals surface area (Å²) in [6.45, 7) is 7.58. The molecule has 2 amide bonds. The molecule has 31 heavy (non-hydrogen) atoms. The van der Waals surface area contributed by atoms with Gasteiger partial charge in [-0.3, -0.25) is 9.69 Å². The molecule has 0 saturated carbocycles. The fourth-order valence-electron chi connectivity index (χ4n) is 3.68. The number of benzene rings is 1. The van der Waals surface area contributed by atoms with E-state index in [2.05, 4.69) is 0 Å². The van der Waals surface area contributed by atoms with Gasteiger partial charge in [0.15, 0.2) is 0 Å². The predicted octanol–water partition coefficient (Wildman–Crippen LogP) is 3.78. The number of likely N-dealkylation sites (tertiary alicyclic amines) is 1. The first kappa shape index (κ1) is 22.9. The van der Waals surface area contributed by atoms with Crippen LogP contribution in [0.2, 0.25) is 0 Å². The Bertz CT molecular complexity index is 837. The van der Waals surface area contributed by atoms with Crippen LogP contribution in [0.25, 0.3) is 0 Å². The van der Waals surface area contributed by atoms with Crippen LogP contribution >= 0.6 is 0 Å². The summed E-state index contributed by atoms with van der Waals surface area (Å²) < 4.78 is 11.1. The minimum absolute atomic E-state index is 0.0322. The Kier molecular flexibility index (Phi) is 7.38. The summed E-state index contributed by atoms with van der Waals surface area (Å²) in [4.78, 5) is 29.2. The highest BCUT2D eigenvalue weighted by Crippen LogP contribution is 2.24. The van der Waals surface area contributed by atoms with Gasteiger partial charge in [-0.2, -0.15) is 0 Å². The number of hydrogen-bond donors (Lipinski definition) is 1. The number of rotatable bonds is 6. The van der Waals surface area contributed by atoms with Crippen LogP contribution in [0.3, 0.4) is 0 Å². The zero-order chi connectivity index (χ0) is 22.4. The second-order valence-electron chi connectivity index (χ2n) is 9.15. The number of amides is 2. The highest BCUT2D eigenvalue weighted by atomic mass is 16.6. The maximum atomic E-state index is 13.0. The monoisotopic (exact) mass is 427 g/mol. The van der Waals surface area contributed by atoms with Crippen molar-refractivity contribution in [1.29, 1.82) is 0 Å². The molecule has 1 unspecified atom stereocenters. The number of ether oxygens (including phenoxy) is 1. The van der Waals surface area contributed by atoms with E-state index >= 15 is 0 Å². The highest BCUT2D eigenvalue weighted by Gasteiger charge is 2.35. The van der Waals surface area contributed by atoms with Crippen LogP contribution in [-0.4, -0.2) is 47.0 Å². The van der Waals surface area contributed by atoms with Crippen molar-refractivity contribution in [2.45, 2.75) is 58.8 Å². The van der Waals surface area contributed by atoms with E-state index in [1.165, 1.54) is 0 Å². The molecule has 7 heteroatoms. The molecule has 1 aliphatic rings. The Labute approximate surface area is 184 Å². The maximum absolute atomic E-state index is 13.0. The Hall–Kier alpha value is -2.80. The van der Waals surface area contributed by atoms with Gasteiger partial charge >= 0.3 is 6.09 Å². The molecule has 1 aromatic carbocycles. The minimum atomic E-state index is -0.542. The third kappa shape index (κ3) is 6.10. The van der Waals surface area contributed by atoms with Gasteiger partial charge in [0.2, 0.25) is 5.91 Å². The van der Waals surface area contributed by atoms with E-state index in [1.807, 2.05) is 62.1 Å². The average Bonchev–Trinajstić information content (AvgIpc) is 3.28. The van der Waals surface area contributed by atoms with Crippen LogP contribution in [0.5, 0.6) is 0 Å². The van der Waals surface area contributed by atoms with Crippen LogP contribution in [0.15, 0.2) is 53.1 Å². The lowest BCUT2D eigenvalue weighted by Gasteiger charge is -2.39. The molecule has 1 aromatic heterocycles. The largest absolute Gasteiger partial charge is 0.467 e. The first-order valence-electron chi connectivity index (χ1n) is 10.8. The summed E-state index contributed by atoms with van der Waals surface area (Å²) >= 11 is 0. The first-order valence-corrected chi connectivity index (χ1v) is 10.8. The molecule has 7 nitrogen and oxygen atoms in total. The molecule has 2 N–H and O–H groups in total. The van der Waals surface area contributed by atoms with E-state index in [9.17, 15) is 9.59 Å². The van der Waals surface area contributed by atoms with Crippen molar-refractivity contribution in [1.82, 2.24) is 9.80 Å². The second-order valence-corrected chi connectivity index (χ2v) is 9.15. The summed E-state index contributed by atoms with van der Waals surface area (Å²) in [5, 5.41) is 0. The lowest BCUT2D eigenvalue weighted by Crippen LogP contribution is -2.54. The molecule has 0 spiro atoms. The third-order valence-corrected chi connectivity index (χ3v) is 5.76. The van der Waals surface area contributed by atoms with Gasteiger partial charge in [-0.1, -0.05) is 51.1 Å². The standard InChI is InChI=1S/C24H33N3O4/c1-24(2,3)21(25)22(28)26-13-11-19(12-14-26)27(16-20-10-7-15-30-20)23(29)31-17-18-8-5-4-6-9-18/h4-10,15,19,21H,11-14,16-17,25H2,1-3H3. The van der Waals surface area contributed by atoms with Gasteiger partial charge in [0.05, 0.1) is 18.8 Å². The quantitative estimate of drug-likeness (QED) is 0.758. The molecule has 0 bridgehead atoms. The number of carbonyl (C=O) groups excluding carboxylic acids is 2. The van der Waals surface area contributed by atoms with Crippen molar-refractivity contribution in [3.63, 3.8) is 0 Å². The van der Waals surface area contributed by atoms with Crippen LogP contribution < -0.4 is 5.73 Å². The van der Waals surface area contributed by atoms with Gasteiger partial charge in [0, 0.05) is 19.1 Å². The molecule has 3 rings (SSSR count). The molecular weight excluding hydrogens is 394 g/mol. The van der Waals surface area contributed by atoms with Crippen LogP contribution in [0.4, 0.5) is 4.79 Å². The Balaban J connectivity index is 1.63. The molecule has 1 aliphatic heterocycles. The smallest absolute Gasteiger partial charge is 0.410 e. The summed E-state index contributed by atoms with van der Waals surface area (Å²) in [7, 11) is 0. The number of carbonyl (C=O) groups is 2.